The maximum Gasteiger partial charge on any atom is 0.236 e. The molecule has 1 aliphatic heterocycles. The van der Waals surface area contributed by atoms with Gasteiger partial charge in [0.2, 0.25) is 5.91 Å². The number of halogens is 1. The molecule has 2 heterocycles. The van der Waals surface area contributed by atoms with E-state index in [1.54, 1.807) is 0 Å². The Morgan fingerprint density at radius 2 is 2.26 bits per heavy atom. The predicted octanol–water partition coefficient (Wildman–Crippen LogP) is 1.87. The van der Waals surface area contributed by atoms with Crippen LogP contribution in [0.4, 0.5) is 0 Å². The molecule has 1 aromatic heterocycles. The topological polar surface area (TPSA) is 37.3 Å². The van der Waals surface area contributed by atoms with Crippen LogP contribution in [0.15, 0.2) is 28.9 Å². The van der Waals surface area contributed by atoms with Crippen molar-refractivity contribution in [3.05, 3.63) is 34.4 Å². The third-order valence-corrected chi connectivity index (χ3v) is 4.08. The Kier molecular flexibility index (Phi) is 3.33. The molecular formula is C14H16BrN3O. The minimum absolute atomic E-state index is 0.179. The number of piperazine rings is 1. The molecule has 0 atom stereocenters. The van der Waals surface area contributed by atoms with E-state index in [0.717, 1.165) is 17.6 Å². The van der Waals surface area contributed by atoms with Gasteiger partial charge in [-0.25, -0.2) is 0 Å². The van der Waals surface area contributed by atoms with E-state index in [9.17, 15) is 4.79 Å². The van der Waals surface area contributed by atoms with Gasteiger partial charge in [0.25, 0.3) is 0 Å². The van der Waals surface area contributed by atoms with Crippen molar-refractivity contribution in [2.45, 2.75) is 6.54 Å². The van der Waals surface area contributed by atoms with E-state index >= 15 is 0 Å². The van der Waals surface area contributed by atoms with E-state index in [-0.39, 0.29) is 5.91 Å². The number of aromatic nitrogens is 1. The minimum atomic E-state index is 0.179. The number of amides is 1. The van der Waals surface area contributed by atoms with E-state index in [4.69, 9.17) is 0 Å². The van der Waals surface area contributed by atoms with Gasteiger partial charge in [0.15, 0.2) is 0 Å². The predicted molar refractivity (Wildman–Crippen MR) is 78.9 cm³/mol. The standard InChI is InChI=1S/C14H16BrN3O/c1-17-8-10(9-18-5-4-16-7-14(18)19)12-6-11(15)2-3-13(12)17/h2-3,6,8,16H,4-5,7,9H2,1H3. The van der Waals surface area contributed by atoms with Crippen molar-refractivity contribution in [1.82, 2.24) is 14.8 Å². The number of hydrogen-bond acceptors (Lipinski definition) is 2. The van der Waals surface area contributed by atoms with Crippen molar-refractivity contribution < 1.29 is 4.79 Å². The molecular weight excluding hydrogens is 306 g/mol. The molecule has 4 nitrogen and oxygen atoms in total. The Balaban J connectivity index is 1.96. The molecule has 19 heavy (non-hydrogen) atoms. The summed E-state index contributed by atoms with van der Waals surface area (Å²) in [7, 11) is 2.04. The molecule has 0 unspecified atom stereocenters. The van der Waals surface area contributed by atoms with Crippen molar-refractivity contribution in [2.24, 2.45) is 7.05 Å². The summed E-state index contributed by atoms with van der Waals surface area (Å²) in [5.41, 5.74) is 2.40. The fraction of sp³-hybridized carbons (Fsp3) is 0.357. The van der Waals surface area contributed by atoms with Gasteiger partial charge < -0.3 is 14.8 Å². The molecule has 1 aromatic carbocycles. The number of hydrogen-bond donors (Lipinski definition) is 1. The van der Waals surface area contributed by atoms with Gasteiger partial charge in [-0.2, -0.15) is 0 Å². The first kappa shape index (κ1) is 12.7. The van der Waals surface area contributed by atoms with Gasteiger partial charge in [0.1, 0.15) is 0 Å². The molecule has 1 aliphatic rings. The highest BCUT2D eigenvalue weighted by Crippen LogP contribution is 2.25. The molecule has 1 fully saturated rings. The van der Waals surface area contributed by atoms with E-state index in [1.165, 1.54) is 16.5 Å². The summed E-state index contributed by atoms with van der Waals surface area (Å²) in [5, 5.41) is 4.31. The number of rotatable bonds is 2. The van der Waals surface area contributed by atoms with Crippen molar-refractivity contribution in [3.8, 4) is 0 Å². The molecule has 3 rings (SSSR count). The minimum Gasteiger partial charge on any atom is -0.350 e. The Morgan fingerprint density at radius 3 is 3.05 bits per heavy atom. The van der Waals surface area contributed by atoms with Crippen LogP contribution in [-0.2, 0) is 18.4 Å². The zero-order valence-corrected chi connectivity index (χ0v) is 12.4. The summed E-state index contributed by atoms with van der Waals surface area (Å²) in [4.78, 5) is 13.8. The van der Waals surface area contributed by atoms with Crippen LogP contribution in [-0.4, -0.2) is 35.0 Å². The van der Waals surface area contributed by atoms with Crippen molar-refractivity contribution in [3.63, 3.8) is 0 Å². The molecule has 0 bridgehead atoms. The molecule has 1 N–H and O–H groups in total. The first-order valence-corrected chi connectivity index (χ1v) is 7.16. The van der Waals surface area contributed by atoms with Crippen LogP contribution < -0.4 is 5.32 Å². The molecule has 0 aliphatic carbocycles. The average Bonchev–Trinajstić information content (AvgIpc) is 2.69. The third-order valence-electron chi connectivity index (χ3n) is 3.58. The molecule has 1 amide bonds. The fourth-order valence-corrected chi connectivity index (χ4v) is 2.95. The zero-order valence-electron chi connectivity index (χ0n) is 10.8. The molecule has 2 aromatic rings. The first-order chi connectivity index (χ1) is 9.15. The maximum atomic E-state index is 11.9. The van der Waals surface area contributed by atoms with Gasteiger partial charge in [-0.15, -0.1) is 0 Å². The number of aryl methyl sites for hydroxylation is 1. The van der Waals surface area contributed by atoms with Crippen molar-refractivity contribution in [1.29, 1.82) is 0 Å². The fourth-order valence-electron chi connectivity index (χ4n) is 2.59. The molecule has 100 valence electrons. The van der Waals surface area contributed by atoms with E-state index in [0.29, 0.717) is 13.1 Å². The van der Waals surface area contributed by atoms with Crippen LogP contribution in [0.5, 0.6) is 0 Å². The normalized spacial score (nSPS) is 16.3. The lowest BCUT2D eigenvalue weighted by Crippen LogP contribution is -2.47. The van der Waals surface area contributed by atoms with Crippen molar-refractivity contribution in [2.75, 3.05) is 19.6 Å². The lowest BCUT2D eigenvalue weighted by molar-refractivity contribution is -0.132. The quantitative estimate of drug-likeness (QED) is 0.917. The second-order valence-electron chi connectivity index (χ2n) is 4.92. The Bertz CT molecular complexity index is 635. The molecule has 0 radical (unpaired) electrons. The Labute approximate surface area is 120 Å². The smallest absolute Gasteiger partial charge is 0.236 e. The molecule has 5 heteroatoms. The lowest BCUT2D eigenvalue weighted by atomic mass is 10.1. The van der Waals surface area contributed by atoms with E-state index in [2.05, 4.69) is 44.1 Å². The highest BCUT2D eigenvalue weighted by atomic mass is 79.9. The summed E-state index contributed by atoms with van der Waals surface area (Å²) < 4.78 is 3.18. The average molecular weight is 322 g/mol. The van der Waals surface area contributed by atoms with Crippen LogP contribution in [0.1, 0.15) is 5.56 Å². The highest BCUT2D eigenvalue weighted by Gasteiger charge is 2.19. The number of nitrogens with zero attached hydrogens (tertiary/aromatic N) is 2. The van der Waals surface area contributed by atoms with Crippen LogP contribution in [0, 0.1) is 0 Å². The maximum absolute atomic E-state index is 11.9. The Morgan fingerprint density at radius 1 is 1.42 bits per heavy atom. The summed E-state index contributed by atoms with van der Waals surface area (Å²) in [5.74, 6) is 0.179. The SMILES string of the molecule is Cn1cc(CN2CCNCC2=O)c2cc(Br)ccc21. The third kappa shape index (κ3) is 2.40. The van der Waals surface area contributed by atoms with Gasteiger partial charge in [-0.05, 0) is 23.8 Å². The number of fused-ring (bicyclic) bond motifs is 1. The summed E-state index contributed by atoms with van der Waals surface area (Å²) >= 11 is 3.51. The van der Waals surface area contributed by atoms with Crippen LogP contribution in [0.25, 0.3) is 10.9 Å². The monoisotopic (exact) mass is 321 g/mol. The van der Waals surface area contributed by atoms with E-state index < -0.39 is 0 Å². The second kappa shape index (κ2) is 4.98. The van der Waals surface area contributed by atoms with Gasteiger partial charge >= 0.3 is 0 Å². The zero-order chi connectivity index (χ0) is 13.4. The molecule has 0 saturated carbocycles. The van der Waals surface area contributed by atoms with Gasteiger partial charge in [-0.3, -0.25) is 4.79 Å². The number of carbonyl (C=O) groups is 1. The first-order valence-electron chi connectivity index (χ1n) is 6.37. The van der Waals surface area contributed by atoms with Crippen LogP contribution in [0.3, 0.4) is 0 Å². The largest absolute Gasteiger partial charge is 0.350 e. The summed E-state index contributed by atoms with van der Waals surface area (Å²) in [6.07, 6.45) is 2.12. The molecule has 0 spiro atoms. The molecule has 1 saturated heterocycles. The van der Waals surface area contributed by atoms with Crippen LogP contribution >= 0.6 is 15.9 Å². The second-order valence-corrected chi connectivity index (χ2v) is 5.83. The summed E-state index contributed by atoms with van der Waals surface area (Å²) in [6, 6.07) is 6.27. The lowest BCUT2D eigenvalue weighted by Gasteiger charge is -2.27. The summed E-state index contributed by atoms with van der Waals surface area (Å²) in [6.45, 7) is 2.80. The van der Waals surface area contributed by atoms with E-state index in [1.807, 2.05) is 18.0 Å². The Hall–Kier alpha value is -1.33. The van der Waals surface area contributed by atoms with Crippen molar-refractivity contribution >= 4 is 32.7 Å². The van der Waals surface area contributed by atoms with Gasteiger partial charge in [0.05, 0.1) is 6.54 Å². The number of carbonyl (C=O) groups excluding carboxylic acids is 1. The number of nitrogens with one attached hydrogen (secondary N) is 1. The van der Waals surface area contributed by atoms with Gasteiger partial charge in [0, 0.05) is 48.3 Å². The van der Waals surface area contributed by atoms with Crippen LogP contribution in [0.2, 0.25) is 0 Å². The van der Waals surface area contributed by atoms with Gasteiger partial charge in [-0.1, -0.05) is 15.9 Å². The number of benzene rings is 1. The highest BCUT2D eigenvalue weighted by molar-refractivity contribution is 9.10.